The van der Waals surface area contributed by atoms with Crippen LogP contribution < -0.4 is 10.9 Å². The van der Waals surface area contributed by atoms with Gasteiger partial charge in [0.15, 0.2) is 0 Å². The summed E-state index contributed by atoms with van der Waals surface area (Å²) >= 11 is 1.48. The summed E-state index contributed by atoms with van der Waals surface area (Å²) in [4.78, 5) is 32.8. The normalized spacial score (nSPS) is 11.6. The van der Waals surface area contributed by atoms with Crippen molar-refractivity contribution in [1.82, 2.24) is 19.9 Å². The zero-order valence-electron chi connectivity index (χ0n) is 12.8. The smallest absolute Gasteiger partial charge is 0.269 e. The molecule has 0 bridgehead atoms. The summed E-state index contributed by atoms with van der Waals surface area (Å²) in [6.07, 6.45) is 2.94. The van der Waals surface area contributed by atoms with E-state index in [4.69, 9.17) is 0 Å². The summed E-state index contributed by atoms with van der Waals surface area (Å²) < 4.78 is 1.43. The van der Waals surface area contributed by atoms with Gasteiger partial charge in [-0.3, -0.25) is 14.2 Å². The number of nitrogens with one attached hydrogen (secondary N) is 1. The molecule has 3 aromatic rings. The zero-order valence-corrected chi connectivity index (χ0v) is 13.6. The number of nitrogens with zero attached hydrogens (tertiary/aromatic N) is 3. The fourth-order valence-electron chi connectivity index (χ4n) is 2.40. The second-order valence-electron chi connectivity index (χ2n) is 5.68. The van der Waals surface area contributed by atoms with E-state index in [1.54, 1.807) is 12.3 Å². The number of thiazole rings is 1. The van der Waals surface area contributed by atoms with Crippen LogP contribution >= 0.6 is 11.3 Å². The molecule has 0 aliphatic heterocycles. The van der Waals surface area contributed by atoms with E-state index in [1.807, 2.05) is 37.4 Å². The minimum absolute atomic E-state index is 0.0589. The van der Waals surface area contributed by atoms with Crippen LogP contribution in [0.4, 0.5) is 0 Å². The Morgan fingerprint density at radius 3 is 2.83 bits per heavy atom. The van der Waals surface area contributed by atoms with E-state index in [0.717, 1.165) is 5.01 Å². The number of carbonyl (C=O) groups excluding carboxylic acids is 1. The lowest BCUT2D eigenvalue weighted by Gasteiger charge is -2.24. The molecular weight excluding hydrogens is 312 g/mol. The number of benzene rings is 1. The quantitative estimate of drug-likeness (QED) is 0.793. The first kappa shape index (κ1) is 15.4. The fourth-order valence-corrected chi connectivity index (χ4v) is 3.11. The van der Waals surface area contributed by atoms with Gasteiger partial charge in [-0.1, -0.05) is 12.1 Å². The van der Waals surface area contributed by atoms with Crippen LogP contribution in [-0.4, -0.2) is 20.4 Å². The number of hydrogen-bond acceptors (Lipinski definition) is 5. The topological polar surface area (TPSA) is 76.9 Å². The highest BCUT2D eigenvalue weighted by Crippen LogP contribution is 2.21. The van der Waals surface area contributed by atoms with Crippen molar-refractivity contribution in [2.75, 3.05) is 0 Å². The molecule has 0 radical (unpaired) electrons. The summed E-state index contributed by atoms with van der Waals surface area (Å²) in [5, 5.41) is 5.61. The number of fused-ring (bicyclic) bond motifs is 1. The first-order chi connectivity index (χ1) is 11.0. The van der Waals surface area contributed by atoms with Crippen LogP contribution in [0.2, 0.25) is 0 Å². The number of carbonyl (C=O) groups is 1. The maximum absolute atomic E-state index is 12.4. The molecule has 0 saturated carbocycles. The molecule has 0 spiro atoms. The van der Waals surface area contributed by atoms with Gasteiger partial charge in [-0.2, -0.15) is 0 Å². The summed E-state index contributed by atoms with van der Waals surface area (Å²) in [7, 11) is 0. The molecule has 0 aliphatic carbocycles. The molecule has 23 heavy (non-hydrogen) atoms. The van der Waals surface area contributed by atoms with Gasteiger partial charge in [0, 0.05) is 11.6 Å². The lowest BCUT2D eigenvalue weighted by Crippen LogP contribution is -2.43. The standard InChI is InChI=1S/C16H16N4O2S/c1-16(2,15-17-7-8-23-15)19-13(21)10-20-12-6-4-3-5-11(12)18-9-14(20)22/h3-9H,10H2,1-2H3,(H,19,21). The maximum atomic E-state index is 12.4. The molecule has 0 atom stereocenters. The van der Waals surface area contributed by atoms with Crippen molar-refractivity contribution >= 4 is 28.3 Å². The average molecular weight is 328 g/mol. The molecular formula is C16H16N4O2S. The summed E-state index contributed by atoms with van der Waals surface area (Å²) in [5.74, 6) is -0.247. The lowest BCUT2D eigenvalue weighted by atomic mass is 10.1. The SMILES string of the molecule is CC(C)(NC(=O)Cn1c(=O)cnc2ccccc21)c1nccs1. The van der Waals surface area contributed by atoms with Gasteiger partial charge in [-0.25, -0.2) is 9.97 Å². The minimum atomic E-state index is -0.586. The van der Waals surface area contributed by atoms with Crippen molar-refractivity contribution in [3.8, 4) is 0 Å². The average Bonchev–Trinajstić information content (AvgIpc) is 3.05. The van der Waals surface area contributed by atoms with Crippen molar-refractivity contribution in [2.45, 2.75) is 25.9 Å². The number of rotatable bonds is 4. The maximum Gasteiger partial charge on any atom is 0.269 e. The van der Waals surface area contributed by atoms with Gasteiger partial charge >= 0.3 is 0 Å². The minimum Gasteiger partial charge on any atom is -0.343 e. The number of amides is 1. The van der Waals surface area contributed by atoms with Crippen molar-refractivity contribution in [1.29, 1.82) is 0 Å². The monoisotopic (exact) mass is 328 g/mol. The van der Waals surface area contributed by atoms with E-state index in [9.17, 15) is 9.59 Å². The van der Waals surface area contributed by atoms with E-state index < -0.39 is 5.54 Å². The molecule has 0 aliphatic rings. The molecule has 2 heterocycles. The molecule has 6 nitrogen and oxygen atoms in total. The van der Waals surface area contributed by atoms with Gasteiger partial charge in [0.2, 0.25) is 5.91 Å². The van der Waals surface area contributed by atoms with E-state index >= 15 is 0 Å². The van der Waals surface area contributed by atoms with Crippen LogP contribution in [0.1, 0.15) is 18.9 Å². The summed E-state index contributed by atoms with van der Waals surface area (Å²) in [6, 6.07) is 7.25. The van der Waals surface area contributed by atoms with Crippen molar-refractivity contribution < 1.29 is 4.79 Å². The zero-order chi connectivity index (χ0) is 16.4. The fraction of sp³-hybridized carbons (Fsp3) is 0.250. The Morgan fingerprint density at radius 1 is 1.30 bits per heavy atom. The van der Waals surface area contributed by atoms with Gasteiger partial charge in [-0.15, -0.1) is 11.3 Å². The lowest BCUT2D eigenvalue weighted by molar-refractivity contribution is -0.123. The van der Waals surface area contributed by atoms with Gasteiger partial charge < -0.3 is 5.32 Å². The molecule has 0 saturated heterocycles. The Hall–Kier alpha value is -2.54. The Kier molecular flexibility index (Phi) is 3.96. The molecule has 1 aromatic carbocycles. The Balaban J connectivity index is 1.86. The van der Waals surface area contributed by atoms with Crippen molar-refractivity contribution in [3.63, 3.8) is 0 Å². The van der Waals surface area contributed by atoms with E-state index in [0.29, 0.717) is 11.0 Å². The Bertz CT molecular complexity index is 900. The second-order valence-corrected chi connectivity index (χ2v) is 6.58. The van der Waals surface area contributed by atoms with Crippen LogP contribution in [0.5, 0.6) is 0 Å². The predicted octanol–water partition coefficient (Wildman–Crippen LogP) is 1.90. The van der Waals surface area contributed by atoms with E-state index in [1.165, 1.54) is 22.1 Å². The molecule has 2 aromatic heterocycles. The first-order valence-electron chi connectivity index (χ1n) is 7.13. The van der Waals surface area contributed by atoms with Crippen molar-refractivity contribution in [2.24, 2.45) is 0 Å². The molecule has 7 heteroatoms. The summed E-state index contributed by atoms with van der Waals surface area (Å²) in [5.41, 5.74) is 0.435. The van der Waals surface area contributed by atoms with Gasteiger partial charge in [0.05, 0.1) is 22.8 Å². The van der Waals surface area contributed by atoms with Crippen LogP contribution in [0.15, 0.2) is 46.8 Å². The third kappa shape index (κ3) is 3.14. The van der Waals surface area contributed by atoms with Crippen molar-refractivity contribution in [3.05, 3.63) is 57.4 Å². The highest BCUT2D eigenvalue weighted by atomic mass is 32.1. The van der Waals surface area contributed by atoms with Gasteiger partial charge in [0.1, 0.15) is 11.6 Å². The van der Waals surface area contributed by atoms with Gasteiger partial charge in [0.25, 0.3) is 5.56 Å². The largest absolute Gasteiger partial charge is 0.343 e. The van der Waals surface area contributed by atoms with Crippen LogP contribution in [0.25, 0.3) is 11.0 Å². The van der Waals surface area contributed by atoms with E-state index in [-0.39, 0.29) is 18.0 Å². The van der Waals surface area contributed by atoms with E-state index in [2.05, 4.69) is 15.3 Å². The Morgan fingerprint density at radius 2 is 2.09 bits per heavy atom. The number of para-hydroxylation sites is 2. The second kappa shape index (κ2) is 5.92. The predicted molar refractivity (Wildman–Crippen MR) is 89.3 cm³/mol. The highest BCUT2D eigenvalue weighted by Gasteiger charge is 2.25. The van der Waals surface area contributed by atoms with Crippen LogP contribution in [-0.2, 0) is 16.9 Å². The molecule has 0 unspecified atom stereocenters. The van der Waals surface area contributed by atoms with Gasteiger partial charge in [-0.05, 0) is 26.0 Å². The van der Waals surface area contributed by atoms with Crippen LogP contribution in [0, 0.1) is 0 Å². The Labute approximate surface area is 136 Å². The third-order valence-corrected chi connectivity index (χ3v) is 4.57. The molecule has 118 valence electrons. The molecule has 1 N–H and O–H groups in total. The molecule has 3 rings (SSSR count). The number of aromatic nitrogens is 3. The highest BCUT2D eigenvalue weighted by molar-refractivity contribution is 7.09. The number of hydrogen-bond donors (Lipinski definition) is 1. The first-order valence-corrected chi connectivity index (χ1v) is 8.01. The summed E-state index contributed by atoms with van der Waals surface area (Å²) in [6.45, 7) is 3.71. The molecule has 1 amide bonds. The molecule has 0 fully saturated rings. The third-order valence-electron chi connectivity index (χ3n) is 3.47. The van der Waals surface area contributed by atoms with Crippen LogP contribution in [0.3, 0.4) is 0 Å².